The molecule has 15 heteroatoms. The van der Waals surface area contributed by atoms with Crippen molar-refractivity contribution in [3.8, 4) is 0 Å². The lowest BCUT2D eigenvalue weighted by Crippen LogP contribution is -2.59. The number of nitrogens with one attached hydrogen (secondary N) is 1. The average Bonchev–Trinajstić information content (AvgIpc) is 3.27. The maximum Gasteiger partial charge on any atom is 0.369 e. The third kappa shape index (κ3) is 7.13. The van der Waals surface area contributed by atoms with Crippen molar-refractivity contribution in [3.63, 3.8) is 0 Å². The summed E-state index contributed by atoms with van der Waals surface area (Å²) in [7, 11) is -11.1. The molecule has 4 saturated carbocycles. The van der Waals surface area contributed by atoms with Crippen molar-refractivity contribution < 1.29 is 58.3 Å². The predicted octanol–water partition coefficient (Wildman–Crippen LogP) is 2.98. The Morgan fingerprint density at radius 3 is 2.07 bits per heavy atom. The molecule has 1 amide bonds. The average molecular weight is 682 g/mol. The van der Waals surface area contributed by atoms with E-state index in [0.29, 0.717) is 30.6 Å². The molecular formula is C30H53NO12P2. The largest absolute Gasteiger partial charge is 0.462 e. The first-order valence-electron chi connectivity index (χ1n) is 16.2. The van der Waals surface area contributed by atoms with E-state index >= 15 is 0 Å². The number of aliphatic hydroxyl groups excluding tert-OH is 1. The quantitative estimate of drug-likeness (QED) is 0.0894. The molecule has 0 radical (unpaired) electrons. The van der Waals surface area contributed by atoms with E-state index in [2.05, 4.69) is 19.2 Å². The van der Waals surface area contributed by atoms with Gasteiger partial charge < -0.3 is 44.9 Å². The second kappa shape index (κ2) is 12.9. The molecule has 0 aromatic heterocycles. The zero-order chi connectivity index (χ0) is 33.8. The molecule has 0 aromatic rings. The van der Waals surface area contributed by atoms with Crippen LogP contribution in [0.5, 0.6) is 0 Å². The van der Waals surface area contributed by atoms with Crippen molar-refractivity contribution in [2.75, 3.05) is 6.54 Å². The van der Waals surface area contributed by atoms with Crippen molar-refractivity contribution in [2.45, 2.75) is 128 Å². The maximum atomic E-state index is 12.6. The summed E-state index contributed by atoms with van der Waals surface area (Å²) in [4.78, 5) is 61.6. The highest BCUT2D eigenvalue weighted by atomic mass is 31.2. The van der Waals surface area contributed by atoms with Gasteiger partial charge in [0.1, 0.15) is 6.10 Å². The second-order valence-corrected chi connectivity index (χ2v) is 19.3. The van der Waals surface area contributed by atoms with Gasteiger partial charge in [0.25, 0.3) is 5.08 Å². The Morgan fingerprint density at radius 1 is 0.867 bits per heavy atom. The molecule has 4 rings (SSSR count). The maximum absolute atomic E-state index is 12.6. The van der Waals surface area contributed by atoms with E-state index in [0.717, 1.165) is 38.5 Å². The van der Waals surface area contributed by atoms with E-state index < -0.39 is 50.3 Å². The van der Waals surface area contributed by atoms with Crippen molar-refractivity contribution >= 4 is 27.1 Å². The van der Waals surface area contributed by atoms with Crippen LogP contribution in [0.25, 0.3) is 0 Å². The third-order valence-corrected chi connectivity index (χ3v) is 16.2. The van der Waals surface area contributed by atoms with Gasteiger partial charge in [0.05, 0.1) is 18.1 Å². The monoisotopic (exact) mass is 681 g/mol. The van der Waals surface area contributed by atoms with Gasteiger partial charge in [0.2, 0.25) is 5.91 Å². The van der Waals surface area contributed by atoms with E-state index in [1.807, 2.05) is 13.8 Å². The Kier molecular flexibility index (Phi) is 10.6. The Morgan fingerprint density at radius 2 is 1.47 bits per heavy atom. The fourth-order valence-electron chi connectivity index (χ4n) is 10.1. The van der Waals surface area contributed by atoms with E-state index in [1.54, 1.807) is 0 Å². The lowest BCUT2D eigenvalue weighted by atomic mass is 9.43. The second-order valence-electron chi connectivity index (χ2n) is 15.3. The number of amides is 1. The van der Waals surface area contributed by atoms with E-state index in [-0.39, 0.29) is 54.6 Å². The number of carbonyl (C=O) groups is 2. The number of ether oxygens (including phenoxy) is 1. The van der Waals surface area contributed by atoms with Gasteiger partial charge in [-0.1, -0.05) is 13.8 Å². The highest BCUT2D eigenvalue weighted by molar-refractivity contribution is 7.72. The molecule has 1 unspecified atom stereocenters. The number of rotatable bonds is 11. The summed E-state index contributed by atoms with van der Waals surface area (Å²) in [6, 6.07) is 0. The van der Waals surface area contributed by atoms with Crippen molar-refractivity contribution in [2.24, 2.45) is 40.4 Å². The smallest absolute Gasteiger partial charge is 0.369 e. The van der Waals surface area contributed by atoms with Crippen LogP contribution in [0.3, 0.4) is 0 Å². The van der Waals surface area contributed by atoms with Crippen molar-refractivity contribution in [1.82, 2.24) is 5.32 Å². The summed E-state index contributed by atoms with van der Waals surface area (Å²) < 4.78 is 28.6. The van der Waals surface area contributed by atoms with Gasteiger partial charge in [-0.05, 0) is 112 Å². The molecule has 0 spiro atoms. The fraction of sp³-hybridized carbons (Fsp3) is 0.933. The van der Waals surface area contributed by atoms with Crippen LogP contribution in [-0.4, -0.2) is 76.2 Å². The molecule has 13 nitrogen and oxygen atoms in total. The highest BCUT2D eigenvalue weighted by Crippen LogP contribution is 2.70. The number of fused-ring (bicyclic) bond motifs is 5. The highest BCUT2D eigenvalue weighted by Gasteiger charge is 2.64. The van der Waals surface area contributed by atoms with E-state index in [4.69, 9.17) is 4.74 Å². The molecule has 4 aliphatic carbocycles. The van der Waals surface area contributed by atoms with Gasteiger partial charge in [-0.3, -0.25) is 18.7 Å². The Balaban J connectivity index is 1.25. The third-order valence-electron chi connectivity index (χ3n) is 12.3. The number of carbonyl (C=O) groups excluding carboxylic acids is 2. The Hall–Kier alpha value is -0.880. The first kappa shape index (κ1) is 36.9. The predicted molar refractivity (Wildman–Crippen MR) is 163 cm³/mol. The molecule has 8 N–H and O–H groups in total. The summed E-state index contributed by atoms with van der Waals surface area (Å²) in [6.45, 7) is 8.27. The number of esters is 1. The van der Waals surface area contributed by atoms with Gasteiger partial charge in [0, 0.05) is 19.4 Å². The van der Waals surface area contributed by atoms with Crippen LogP contribution in [-0.2, 0) is 23.5 Å². The van der Waals surface area contributed by atoms with Crippen LogP contribution in [0.2, 0.25) is 0 Å². The number of hydrogen-bond acceptors (Lipinski definition) is 8. The Bertz CT molecular complexity index is 1190. The Labute approximate surface area is 265 Å². The molecule has 0 bridgehead atoms. The molecule has 4 aliphatic rings. The van der Waals surface area contributed by atoms with Crippen LogP contribution >= 0.6 is 15.2 Å². The van der Waals surface area contributed by atoms with Crippen LogP contribution in [0.15, 0.2) is 0 Å². The lowest BCUT2D eigenvalue weighted by Gasteiger charge is -2.62. The fourth-order valence-corrected chi connectivity index (χ4v) is 12.3. The first-order chi connectivity index (χ1) is 20.5. The van der Waals surface area contributed by atoms with Gasteiger partial charge >= 0.3 is 21.2 Å². The molecule has 0 saturated heterocycles. The van der Waals surface area contributed by atoms with Crippen LogP contribution in [0, 0.1) is 40.4 Å². The molecule has 260 valence electrons. The summed E-state index contributed by atoms with van der Waals surface area (Å²) >= 11 is 0. The van der Waals surface area contributed by atoms with Crippen LogP contribution in [0.1, 0.15) is 105 Å². The van der Waals surface area contributed by atoms with Crippen LogP contribution < -0.4 is 5.32 Å². The van der Waals surface area contributed by atoms with Crippen LogP contribution in [0.4, 0.5) is 0 Å². The van der Waals surface area contributed by atoms with E-state index in [1.165, 1.54) is 0 Å². The molecule has 0 heterocycles. The van der Waals surface area contributed by atoms with Gasteiger partial charge in [-0.15, -0.1) is 0 Å². The van der Waals surface area contributed by atoms with E-state index in [9.17, 15) is 53.6 Å². The summed E-state index contributed by atoms with van der Waals surface area (Å²) in [6.07, 6.45) is 4.49. The molecular weight excluding hydrogens is 628 g/mol. The van der Waals surface area contributed by atoms with Gasteiger partial charge in [-0.2, -0.15) is 0 Å². The minimum Gasteiger partial charge on any atom is -0.462 e. The van der Waals surface area contributed by atoms with Gasteiger partial charge in [-0.25, -0.2) is 0 Å². The van der Waals surface area contributed by atoms with Crippen molar-refractivity contribution in [1.29, 1.82) is 0 Å². The van der Waals surface area contributed by atoms with Gasteiger partial charge in [0.15, 0.2) is 0 Å². The topological polar surface area (TPSA) is 231 Å². The summed E-state index contributed by atoms with van der Waals surface area (Å²) in [5.41, 5.74) is -0.727. The standard InChI is InChI=1S/C30H53NO12P2/c1-27(2,35)24-7-6-20-19-17-23(32)22-16-18(10-13-28(22,3)21(19)11-14-29(20,24)4)43-26(34)9-8-25(33)31-15-5-12-30(36,44(37,38)39)45(40,41)42/h18-24,32,35-36H,5-17H2,1-4H3,(H,31,33)(H2,37,38,39)(H2,40,41,42)/t18-,19-,20-,21-,22+,23-,24?,28+,29-/m0/s1. The molecule has 4 fully saturated rings. The minimum atomic E-state index is -5.56. The normalized spacial score (nSPS) is 37.3. The number of hydrogen-bond donors (Lipinski definition) is 8. The summed E-state index contributed by atoms with van der Waals surface area (Å²) in [5.74, 6) is 0.509. The first-order valence-corrected chi connectivity index (χ1v) is 19.5. The molecule has 0 aliphatic heterocycles. The SMILES string of the molecule is CC(C)(O)C1CC[C@H]2[C@@H]3C[C@H](O)[C@H]4C[C@@H](OC(=O)CCC(=O)NCCCC(O)(P(=O)(O)O)P(=O)(O)O)CC[C@]4(C)[C@H]3CC[C@]12C. The minimum absolute atomic E-state index is 0.00405. The summed E-state index contributed by atoms with van der Waals surface area (Å²) in [5, 5.41) is 31.2. The zero-order valence-electron chi connectivity index (χ0n) is 26.8. The lowest BCUT2D eigenvalue weighted by molar-refractivity contribution is -0.186. The molecule has 45 heavy (non-hydrogen) atoms. The number of aliphatic hydroxyl groups is 3. The van der Waals surface area contributed by atoms with Crippen molar-refractivity contribution in [3.05, 3.63) is 0 Å². The molecule has 0 aromatic carbocycles. The zero-order valence-corrected chi connectivity index (χ0v) is 28.6. The molecule has 9 atom stereocenters.